The lowest BCUT2D eigenvalue weighted by atomic mass is 9.73. The molecule has 0 spiro atoms. The molecule has 106 valence electrons. The average Bonchev–Trinajstić information content (AvgIpc) is 2.39. The van der Waals surface area contributed by atoms with E-state index in [0.717, 1.165) is 22.3 Å². The lowest BCUT2D eigenvalue weighted by molar-refractivity contribution is -0.143. The first-order valence-corrected chi connectivity index (χ1v) is 6.85. The molecule has 0 unspecified atom stereocenters. The van der Waals surface area contributed by atoms with Gasteiger partial charge >= 0.3 is 0 Å². The minimum absolute atomic E-state index is 0.744. The molecular formula is C18H22O2. The van der Waals surface area contributed by atoms with Gasteiger partial charge in [0.05, 0.1) is 0 Å². The van der Waals surface area contributed by atoms with Gasteiger partial charge in [0.15, 0.2) is 0 Å². The molecule has 0 aliphatic heterocycles. The van der Waals surface area contributed by atoms with Gasteiger partial charge in [-0.05, 0) is 49.9 Å². The van der Waals surface area contributed by atoms with Crippen LogP contribution in [0.5, 0.6) is 0 Å². The van der Waals surface area contributed by atoms with Gasteiger partial charge in [-0.1, -0.05) is 48.5 Å². The summed E-state index contributed by atoms with van der Waals surface area (Å²) in [6, 6.07) is 15.2. The molecule has 2 N–H and O–H groups in total. The maximum atomic E-state index is 11.0. The molecule has 0 aromatic heterocycles. The van der Waals surface area contributed by atoms with E-state index in [1.807, 2.05) is 62.4 Å². The van der Waals surface area contributed by atoms with Crippen LogP contribution in [0.3, 0.4) is 0 Å². The molecule has 0 amide bonds. The van der Waals surface area contributed by atoms with E-state index in [0.29, 0.717) is 0 Å². The molecule has 0 saturated heterocycles. The molecule has 0 fully saturated rings. The molecule has 2 nitrogen and oxygen atoms in total. The average molecular weight is 270 g/mol. The van der Waals surface area contributed by atoms with Crippen LogP contribution in [0.15, 0.2) is 48.5 Å². The van der Waals surface area contributed by atoms with Crippen LogP contribution >= 0.6 is 0 Å². The maximum Gasteiger partial charge on any atom is 0.120 e. The Morgan fingerprint density at radius 1 is 0.650 bits per heavy atom. The Labute approximate surface area is 120 Å². The monoisotopic (exact) mass is 270 g/mol. The molecule has 0 aliphatic carbocycles. The second-order valence-corrected chi connectivity index (χ2v) is 5.77. The third-order valence-electron chi connectivity index (χ3n) is 4.29. The molecule has 2 atom stereocenters. The van der Waals surface area contributed by atoms with Crippen LogP contribution in [-0.4, -0.2) is 10.2 Å². The summed E-state index contributed by atoms with van der Waals surface area (Å²) in [6.45, 7) is 7.22. The topological polar surface area (TPSA) is 40.5 Å². The molecular weight excluding hydrogens is 248 g/mol. The van der Waals surface area contributed by atoms with Crippen molar-refractivity contribution in [3.63, 3.8) is 0 Å². The summed E-state index contributed by atoms with van der Waals surface area (Å²) in [4.78, 5) is 0. The van der Waals surface area contributed by atoms with Gasteiger partial charge in [0, 0.05) is 0 Å². The van der Waals surface area contributed by atoms with Gasteiger partial charge in [-0.15, -0.1) is 0 Å². The predicted molar refractivity (Wildman–Crippen MR) is 81.5 cm³/mol. The van der Waals surface area contributed by atoms with Crippen molar-refractivity contribution in [3.05, 3.63) is 70.8 Å². The highest BCUT2D eigenvalue weighted by Gasteiger charge is 2.45. The molecule has 20 heavy (non-hydrogen) atoms. The zero-order chi connectivity index (χ0) is 15.0. The van der Waals surface area contributed by atoms with Crippen molar-refractivity contribution in [3.8, 4) is 0 Å². The quantitative estimate of drug-likeness (QED) is 0.897. The van der Waals surface area contributed by atoms with Crippen molar-refractivity contribution in [1.82, 2.24) is 0 Å². The van der Waals surface area contributed by atoms with Crippen LogP contribution in [0.1, 0.15) is 36.1 Å². The summed E-state index contributed by atoms with van der Waals surface area (Å²) >= 11 is 0. The maximum absolute atomic E-state index is 11.0. The third kappa shape index (κ3) is 2.26. The Morgan fingerprint density at radius 2 is 0.950 bits per heavy atom. The van der Waals surface area contributed by atoms with E-state index >= 15 is 0 Å². The first kappa shape index (κ1) is 14.8. The van der Waals surface area contributed by atoms with Crippen LogP contribution < -0.4 is 0 Å². The molecule has 2 aromatic carbocycles. The number of benzene rings is 2. The Kier molecular flexibility index (Phi) is 3.72. The van der Waals surface area contributed by atoms with Crippen molar-refractivity contribution in [2.24, 2.45) is 0 Å². The van der Waals surface area contributed by atoms with Gasteiger partial charge in [0.2, 0.25) is 0 Å². The van der Waals surface area contributed by atoms with E-state index < -0.39 is 11.2 Å². The molecule has 0 saturated carbocycles. The van der Waals surface area contributed by atoms with Gasteiger partial charge < -0.3 is 10.2 Å². The minimum atomic E-state index is -1.37. The second kappa shape index (κ2) is 5.04. The number of aliphatic hydroxyl groups is 2. The minimum Gasteiger partial charge on any atom is -0.382 e. The Morgan fingerprint density at radius 3 is 1.25 bits per heavy atom. The standard InChI is InChI=1S/C18H22O2/c1-13-9-5-7-11-15(13)17(3,19)18(4,20)16-12-8-6-10-14(16)2/h5-12,19-20H,1-4H3/t17-,18-/m0/s1. The second-order valence-electron chi connectivity index (χ2n) is 5.77. The Balaban J connectivity index is 2.58. The van der Waals surface area contributed by atoms with Gasteiger partial charge in [0.25, 0.3) is 0 Å². The van der Waals surface area contributed by atoms with Gasteiger partial charge in [-0.3, -0.25) is 0 Å². The lowest BCUT2D eigenvalue weighted by Gasteiger charge is -2.41. The largest absolute Gasteiger partial charge is 0.382 e. The highest BCUT2D eigenvalue weighted by atomic mass is 16.4. The van der Waals surface area contributed by atoms with E-state index in [9.17, 15) is 10.2 Å². The summed E-state index contributed by atoms with van der Waals surface area (Å²) in [5.74, 6) is 0. The van der Waals surface area contributed by atoms with Crippen LogP contribution in [-0.2, 0) is 11.2 Å². The predicted octanol–water partition coefficient (Wildman–Crippen LogP) is 3.42. The van der Waals surface area contributed by atoms with Crippen molar-refractivity contribution >= 4 is 0 Å². The summed E-state index contributed by atoms with van der Waals surface area (Å²) in [5, 5.41) is 22.0. The Hall–Kier alpha value is -1.64. The van der Waals surface area contributed by atoms with Crippen molar-refractivity contribution < 1.29 is 10.2 Å². The number of rotatable bonds is 3. The van der Waals surface area contributed by atoms with Crippen molar-refractivity contribution in [2.45, 2.75) is 38.9 Å². The van der Waals surface area contributed by atoms with E-state index in [1.54, 1.807) is 13.8 Å². The summed E-state index contributed by atoms with van der Waals surface area (Å²) in [5.41, 5.74) is 0.675. The summed E-state index contributed by atoms with van der Waals surface area (Å²) in [6.07, 6.45) is 0. The first-order valence-electron chi connectivity index (χ1n) is 6.85. The number of hydrogen-bond acceptors (Lipinski definition) is 2. The van der Waals surface area contributed by atoms with E-state index in [1.165, 1.54) is 0 Å². The smallest absolute Gasteiger partial charge is 0.120 e. The van der Waals surface area contributed by atoms with Crippen LogP contribution in [0.25, 0.3) is 0 Å². The zero-order valence-electron chi connectivity index (χ0n) is 12.5. The first-order chi connectivity index (χ1) is 9.28. The fraction of sp³-hybridized carbons (Fsp3) is 0.333. The molecule has 0 radical (unpaired) electrons. The molecule has 2 aromatic rings. The zero-order valence-corrected chi connectivity index (χ0v) is 12.5. The lowest BCUT2D eigenvalue weighted by Crippen LogP contribution is -2.45. The molecule has 2 heteroatoms. The van der Waals surface area contributed by atoms with E-state index in [-0.39, 0.29) is 0 Å². The van der Waals surface area contributed by atoms with Crippen molar-refractivity contribution in [1.29, 1.82) is 0 Å². The summed E-state index contributed by atoms with van der Waals surface area (Å²) in [7, 11) is 0. The highest BCUT2D eigenvalue weighted by molar-refractivity contribution is 5.39. The Bertz CT molecular complexity index is 557. The third-order valence-corrected chi connectivity index (χ3v) is 4.29. The molecule has 2 rings (SSSR count). The SMILES string of the molecule is Cc1ccccc1[C@](C)(O)[C@@](C)(O)c1ccccc1C. The number of hydrogen-bond donors (Lipinski definition) is 2. The normalized spacial score (nSPS) is 17.3. The highest BCUT2D eigenvalue weighted by Crippen LogP contribution is 2.42. The van der Waals surface area contributed by atoms with E-state index in [4.69, 9.17) is 0 Å². The molecule has 0 aliphatic rings. The van der Waals surface area contributed by atoms with Crippen LogP contribution in [0.2, 0.25) is 0 Å². The van der Waals surface area contributed by atoms with Crippen LogP contribution in [0, 0.1) is 13.8 Å². The van der Waals surface area contributed by atoms with E-state index in [2.05, 4.69) is 0 Å². The number of aryl methyl sites for hydroxylation is 2. The fourth-order valence-electron chi connectivity index (χ4n) is 2.76. The van der Waals surface area contributed by atoms with Crippen LogP contribution in [0.4, 0.5) is 0 Å². The molecule has 0 bridgehead atoms. The fourth-order valence-corrected chi connectivity index (χ4v) is 2.76. The summed E-state index contributed by atoms with van der Waals surface area (Å²) < 4.78 is 0. The molecule has 0 heterocycles. The van der Waals surface area contributed by atoms with Crippen molar-refractivity contribution in [2.75, 3.05) is 0 Å². The van der Waals surface area contributed by atoms with Gasteiger partial charge in [-0.25, -0.2) is 0 Å². The van der Waals surface area contributed by atoms with Gasteiger partial charge in [0.1, 0.15) is 11.2 Å². The van der Waals surface area contributed by atoms with Gasteiger partial charge in [-0.2, -0.15) is 0 Å².